The van der Waals surface area contributed by atoms with Crippen LogP contribution in [0, 0.1) is 0 Å². The van der Waals surface area contributed by atoms with Crippen LogP contribution in [0.15, 0.2) is 41.8 Å². The molecule has 0 radical (unpaired) electrons. The van der Waals surface area contributed by atoms with Crippen molar-refractivity contribution in [2.75, 3.05) is 20.1 Å². The van der Waals surface area contributed by atoms with Crippen molar-refractivity contribution >= 4 is 27.5 Å². The van der Waals surface area contributed by atoms with E-state index in [9.17, 15) is 13.2 Å². The van der Waals surface area contributed by atoms with Gasteiger partial charge in [0, 0.05) is 18.6 Å². The number of halogens is 1. The van der Waals surface area contributed by atoms with Crippen molar-refractivity contribution < 1.29 is 13.2 Å². The van der Waals surface area contributed by atoms with E-state index >= 15 is 0 Å². The summed E-state index contributed by atoms with van der Waals surface area (Å²) in [4.78, 5) is 11.6. The third kappa shape index (κ3) is 4.34. The normalized spacial score (nSPS) is 11.3. The van der Waals surface area contributed by atoms with Crippen molar-refractivity contribution in [1.29, 1.82) is 0 Å². The molecule has 1 aromatic carbocycles. The van der Waals surface area contributed by atoms with Gasteiger partial charge >= 0.3 is 0 Å². The van der Waals surface area contributed by atoms with Gasteiger partial charge in [0.15, 0.2) is 0 Å². The molecule has 0 aromatic heterocycles. The van der Waals surface area contributed by atoms with Gasteiger partial charge in [0.25, 0.3) is 0 Å². The molecule has 0 fully saturated rings. The fourth-order valence-electron chi connectivity index (χ4n) is 1.32. The summed E-state index contributed by atoms with van der Waals surface area (Å²) >= 11 is 5.70. The molecule has 0 unspecified atom stereocenters. The highest BCUT2D eigenvalue weighted by Gasteiger charge is 2.22. The van der Waals surface area contributed by atoms with Gasteiger partial charge in [0.2, 0.25) is 15.9 Å². The smallest absolute Gasteiger partial charge is 0.243 e. The third-order valence-electron chi connectivity index (χ3n) is 2.33. The number of nitrogens with one attached hydrogen (secondary N) is 1. The minimum atomic E-state index is -3.69. The zero-order valence-corrected chi connectivity index (χ0v) is 12.0. The van der Waals surface area contributed by atoms with Crippen molar-refractivity contribution in [2.45, 2.75) is 4.90 Å². The molecule has 1 amide bonds. The van der Waals surface area contributed by atoms with Gasteiger partial charge in [0.05, 0.1) is 11.4 Å². The SMILES string of the molecule is C=CCNC(=O)CN(C)S(=O)(=O)c1ccc(Cl)cc1. The lowest BCUT2D eigenvalue weighted by Gasteiger charge is -2.16. The fourth-order valence-corrected chi connectivity index (χ4v) is 2.57. The largest absolute Gasteiger partial charge is 0.351 e. The van der Waals surface area contributed by atoms with Crippen LogP contribution in [0.4, 0.5) is 0 Å². The fraction of sp³-hybridized carbons (Fsp3) is 0.250. The quantitative estimate of drug-likeness (QED) is 0.805. The zero-order valence-electron chi connectivity index (χ0n) is 10.5. The lowest BCUT2D eigenvalue weighted by Crippen LogP contribution is -2.38. The second-order valence-electron chi connectivity index (χ2n) is 3.81. The number of carbonyl (C=O) groups excluding carboxylic acids is 1. The van der Waals surface area contributed by atoms with E-state index < -0.39 is 10.0 Å². The summed E-state index contributed by atoms with van der Waals surface area (Å²) in [5.41, 5.74) is 0. The van der Waals surface area contributed by atoms with Gasteiger partial charge in [0.1, 0.15) is 0 Å². The Labute approximate surface area is 117 Å². The number of hydrogen-bond donors (Lipinski definition) is 1. The molecule has 1 rings (SSSR count). The number of sulfonamides is 1. The Kier molecular flexibility index (Phi) is 5.53. The minimum absolute atomic E-state index is 0.0934. The number of hydrogen-bond acceptors (Lipinski definition) is 3. The predicted octanol–water partition coefficient (Wildman–Crippen LogP) is 1.26. The van der Waals surface area contributed by atoms with Gasteiger partial charge in [-0.1, -0.05) is 17.7 Å². The molecule has 0 bridgehead atoms. The molecule has 0 heterocycles. The van der Waals surface area contributed by atoms with E-state index in [4.69, 9.17) is 11.6 Å². The molecular formula is C12H15ClN2O3S. The first kappa shape index (κ1) is 15.7. The number of carbonyl (C=O) groups is 1. The maximum Gasteiger partial charge on any atom is 0.243 e. The third-order valence-corrected chi connectivity index (χ3v) is 4.40. The summed E-state index contributed by atoms with van der Waals surface area (Å²) in [6, 6.07) is 5.77. The van der Waals surface area contributed by atoms with E-state index in [0.717, 1.165) is 4.31 Å². The minimum Gasteiger partial charge on any atom is -0.351 e. The molecule has 0 saturated heterocycles. The van der Waals surface area contributed by atoms with Crippen molar-refractivity contribution in [2.24, 2.45) is 0 Å². The molecule has 0 saturated carbocycles. The predicted molar refractivity (Wildman–Crippen MR) is 74.5 cm³/mol. The van der Waals surface area contributed by atoms with Crippen LogP contribution in [-0.4, -0.2) is 38.8 Å². The van der Waals surface area contributed by atoms with Crippen LogP contribution in [0.25, 0.3) is 0 Å². The molecule has 1 N–H and O–H groups in total. The van der Waals surface area contributed by atoms with Gasteiger partial charge in [-0.3, -0.25) is 4.79 Å². The van der Waals surface area contributed by atoms with Crippen LogP contribution >= 0.6 is 11.6 Å². The molecule has 7 heteroatoms. The van der Waals surface area contributed by atoms with E-state index in [0.29, 0.717) is 11.6 Å². The summed E-state index contributed by atoms with van der Waals surface area (Å²) in [5.74, 6) is -0.389. The highest BCUT2D eigenvalue weighted by molar-refractivity contribution is 7.89. The van der Waals surface area contributed by atoms with Crippen LogP contribution < -0.4 is 5.32 Å². The Morgan fingerprint density at radius 2 is 2.00 bits per heavy atom. The van der Waals surface area contributed by atoms with Crippen LogP contribution in [0.3, 0.4) is 0 Å². The lowest BCUT2D eigenvalue weighted by atomic mass is 10.4. The van der Waals surface area contributed by atoms with E-state index in [1.54, 1.807) is 0 Å². The summed E-state index contributed by atoms with van der Waals surface area (Å²) in [7, 11) is -2.34. The monoisotopic (exact) mass is 302 g/mol. The van der Waals surface area contributed by atoms with Crippen molar-refractivity contribution in [3.63, 3.8) is 0 Å². The van der Waals surface area contributed by atoms with E-state index in [1.165, 1.54) is 37.4 Å². The van der Waals surface area contributed by atoms with E-state index in [1.807, 2.05) is 0 Å². The maximum absolute atomic E-state index is 12.1. The van der Waals surface area contributed by atoms with Crippen LogP contribution in [0.5, 0.6) is 0 Å². The molecule has 19 heavy (non-hydrogen) atoms. The highest BCUT2D eigenvalue weighted by atomic mass is 35.5. The molecule has 1 aromatic rings. The van der Waals surface area contributed by atoms with E-state index in [-0.39, 0.29) is 17.3 Å². The van der Waals surface area contributed by atoms with Crippen molar-refractivity contribution in [3.05, 3.63) is 41.9 Å². The number of nitrogens with zero attached hydrogens (tertiary/aromatic N) is 1. The average molecular weight is 303 g/mol. The number of likely N-dealkylation sites (N-methyl/N-ethyl adjacent to an activating group) is 1. The molecule has 0 aliphatic heterocycles. The molecule has 5 nitrogen and oxygen atoms in total. The Bertz CT molecular complexity index is 555. The van der Waals surface area contributed by atoms with Crippen molar-refractivity contribution in [1.82, 2.24) is 9.62 Å². The lowest BCUT2D eigenvalue weighted by molar-refractivity contribution is -0.120. The first-order valence-corrected chi connectivity index (χ1v) is 7.29. The second kappa shape index (κ2) is 6.70. The maximum atomic E-state index is 12.1. The van der Waals surface area contributed by atoms with Crippen molar-refractivity contribution in [3.8, 4) is 0 Å². The average Bonchev–Trinajstić information content (AvgIpc) is 2.36. The molecular weight excluding hydrogens is 288 g/mol. The van der Waals surface area contributed by atoms with E-state index in [2.05, 4.69) is 11.9 Å². The van der Waals surface area contributed by atoms with Gasteiger partial charge in [-0.05, 0) is 24.3 Å². The second-order valence-corrected chi connectivity index (χ2v) is 6.29. The molecule has 104 valence electrons. The molecule has 0 spiro atoms. The van der Waals surface area contributed by atoms with Crippen LogP contribution in [0.2, 0.25) is 5.02 Å². The summed E-state index contributed by atoms with van der Waals surface area (Å²) in [5, 5.41) is 2.96. The molecule has 0 aliphatic carbocycles. The highest BCUT2D eigenvalue weighted by Crippen LogP contribution is 2.17. The number of benzene rings is 1. The Balaban J connectivity index is 2.79. The zero-order chi connectivity index (χ0) is 14.5. The Morgan fingerprint density at radius 1 is 1.42 bits per heavy atom. The topological polar surface area (TPSA) is 66.5 Å². The van der Waals surface area contributed by atoms with Gasteiger partial charge in [-0.2, -0.15) is 4.31 Å². The Hall–Kier alpha value is -1.37. The summed E-state index contributed by atoms with van der Waals surface area (Å²) in [6.07, 6.45) is 1.52. The molecule has 0 atom stereocenters. The van der Waals surface area contributed by atoms with Crippen LogP contribution in [-0.2, 0) is 14.8 Å². The first-order valence-electron chi connectivity index (χ1n) is 5.47. The standard InChI is InChI=1S/C12H15ClN2O3S/c1-3-8-14-12(16)9-15(2)19(17,18)11-6-4-10(13)5-7-11/h3-7H,1,8-9H2,2H3,(H,14,16). The summed E-state index contributed by atoms with van der Waals surface area (Å²) in [6.45, 7) is 3.51. The number of rotatable bonds is 6. The first-order chi connectivity index (χ1) is 8.87. The van der Waals surface area contributed by atoms with Gasteiger partial charge in [-0.15, -0.1) is 6.58 Å². The summed E-state index contributed by atoms with van der Waals surface area (Å²) < 4.78 is 25.3. The molecule has 0 aliphatic rings. The van der Waals surface area contributed by atoms with Crippen LogP contribution in [0.1, 0.15) is 0 Å². The van der Waals surface area contributed by atoms with Gasteiger partial charge in [-0.25, -0.2) is 8.42 Å². The number of amides is 1. The van der Waals surface area contributed by atoms with Gasteiger partial charge < -0.3 is 5.32 Å². The Morgan fingerprint density at radius 3 is 2.53 bits per heavy atom.